The molecule has 1 aliphatic heterocycles. The van der Waals surface area contributed by atoms with E-state index in [9.17, 15) is 18.8 Å². The second-order valence-corrected chi connectivity index (χ2v) is 9.10. The minimum atomic E-state index is -0.795. The molecule has 1 amide bonds. The maximum atomic E-state index is 14.2. The predicted molar refractivity (Wildman–Crippen MR) is 134 cm³/mol. The Labute approximate surface area is 206 Å². The third kappa shape index (κ3) is 6.51. The average molecular weight is 476 g/mol. The molecule has 1 aromatic carbocycles. The van der Waals surface area contributed by atoms with E-state index in [0.29, 0.717) is 37.1 Å². The van der Waals surface area contributed by atoms with Crippen molar-refractivity contribution < 1.29 is 13.6 Å². The Balaban J connectivity index is 1.82. The first-order chi connectivity index (χ1) is 16.8. The number of carbonyl (C=O) groups is 1. The van der Waals surface area contributed by atoms with E-state index in [4.69, 9.17) is 0 Å². The Bertz CT molecular complexity index is 1180. The molecule has 4 nitrogen and oxygen atoms in total. The van der Waals surface area contributed by atoms with Gasteiger partial charge in [-0.25, -0.2) is 8.78 Å². The lowest BCUT2D eigenvalue weighted by atomic mass is 9.75. The minimum absolute atomic E-state index is 0.0994. The number of halogens is 2. The summed E-state index contributed by atoms with van der Waals surface area (Å²) in [7, 11) is 0. The fourth-order valence-electron chi connectivity index (χ4n) is 4.21. The quantitative estimate of drug-likeness (QED) is 0.343. The number of rotatable bonds is 7. The molecule has 2 aromatic rings. The molecule has 0 aliphatic carbocycles. The lowest BCUT2D eigenvalue weighted by Gasteiger charge is -2.38. The van der Waals surface area contributed by atoms with Crippen LogP contribution in [0.1, 0.15) is 51.2 Å². The standard InChI is InChI=1S/C29H31F2N3O/c1-4-21(2)6-5-7-26(22(3)23-10-14-33-15-11-23)28(35)34-16-12-29(20-32,13-17-34)19-24-8-9-25(30)18-27(24)31/h5-11,14-15,18H,4,12-13,16-17,19H2,1-3H3/b7-5-,21-6+,26-22-. The fourth-order valence-corrected chi connectivity index (χ4v) is 4.21. The Morgan fingerprint density at radius 3 is 2.46 bits per heavy atom. The molecule has 35 heavy (non-hydrogen) atoms. The minimum Gasteiger partial charge on any atom is -0.339 e. The maximum Gasteiger partial charge on any atom is 0.254 e. The van der Waals surface area contributed by atoms with Gasteiger partial charge in [0.15, 0.2) is 0 Å². The molecule has 0 radical (unpaired) electrons. The van der Waals surface area contributed by atoms with Gasteiger partial charge in [0.25, 0.3) is 5.91 Å². The van der Waals surface area contributed by atoms with E-state index in [1.54, 1.807) is 17.3 Å². The van der Waals surface area contributed by atoms with Gasteiger partial charge in [-0.3, -0.25) is 9.78 Å². The van der Waals surface area contributed by atoms with Crippen LogP contribution in [-0.2, 0) is 11.2 Å². The maximum absolute atomic E-state index is 14.2. The Hall–Kier alpha value is -3.59. The zero-order valence-corrected chi connectivity index (χ0v) is 20.5. The number of carbonyl (C=O) groups excluding carboxylic acids is 1. The molecule has 182 valence electrons. The molecule has 3 rings (SSSR count). The third-order valence-corrected chi connectivity index (χ3v) is 6.74. The van der Waals surface area contributed by atoms with Crippen molar-refractivity contribution in [3.05, 3.63) is 94.9 Å². The monoisotopic (exact) mass is 475 g/mol. The summed E-state index contributed by atoms with van der Waals surface area (Å²) in [5, 5.41) is 9.93. The second kappa shape index (κ2) is 11.7. The van der Waals surface area contributed by atoms with Gasteiger partial charge in [-0.1, -0.05) is 30.7 Å². The third-order valence-electron chi connectivity index (χ3n) is 6.74. The molecule has 0 saturated carbocycles. The van der Waals surface area contributed by atoms with Crippen molar-refractivity contribution in [2.75, 3.05) is 13.1 Å². The highest BCUT2D eigenvalue weighted by Crippen LogP contribution is 2.36. The summed E-state index contributed by atoms with van der Waals surface area (Å²) in [6.45, 7) is 6.82. The Morgan fingerprint density at radius 1 is 1.17 bits per heavy atom. The normalized spacial score (nSPS) is 16.7. The SMILES string of the molecule is CC/C(C)=C/C=C\C(C(=O)N1CCC(C#N)(Cc2ccc(F)cc2F)CC1)=C(/C)c1ccncc1. The summed E-state index contributed by atoms with van der Waals surface area (Å²) in [4.78, 5) is 19.4. The number of nitrogens with zero attached hydrogens (tertiary/aromatic N) is 3. The van der Waals surface area contributed by atoms with Crippen LogP contribution in [0.3, 0.4) is 0 Å². The van der Waals surface area contributed by atoms with Crippen LogP contribution in [0, 0.1) is 28.4 Å². The molecule has 0 spiro atoms. The molecule has 0 atom stereocenters. The van der Waals surface area contributed by atoms with E-state index in [-0.39, 0.29) is 12.3 Å². The second-order valence-electron chi connectivity index (χ2n) is 9.10. The first-order valence-electron chi connectivity index (χ1n) is 11.9. The summed E-state index contributed by atoms with van der Waals surface area (Å²) < 4.78 is 27.5. The Morgan fingerprint density at radius 2 is 1.86 bits per heavy atom. The molecule has 1 saturated heterocycles. The van der Waals surface area contributed by atoms with Crippen LogP contribution in [0.2, 0.25) is 0 Å². The van der Waals surface area contributed by atoms with Gasteiger partial charge in [0, 0.05) is 37.1 Å². The van der Waals surface area contributed by atoms with E-state index in [1.807, 2.05) is 44.2 Å². The number of benzene rings is 1. The summed E-state index contributed by atoms with van der Waals surface area (Å²) in [6, 6.07) is 9.56. The zero-order valence-electron chi connectivity index (χ0n) is 20.5. The van der Waals surface area contributed by atoms with Crippen LogP contribution in [0.15, 0.2) is 72.1 Å². The van der Waals surface area contributed by atoms with Gasteiger partial charge in [0.05, 0.1) is 11.5 Å². The van der Waals surface area contributed by atoms with Crippen LogP contribution in [-0.4, -0.2) is 28.9 Å². The van der Waals surface area contributed by atoms with Gasteiger partial charge < -0.3 is 4.90 Å². The Kier molecular flexibility index (Phi) is 8.70. The van der Waals surface area contributed by atoms with Gasteiger partial charge in [-0.05, 0) is 80.5 Å². The summed E-state index contributed by atoms with van der Waals surface area (Å²) in [5.74, 6) is -1.38. The molecule has 1 aliphatic rings. The van der Waals surface area contributed by atoms with Crippen molar-refractivity contribution >= 4 is 11.5 Å². The van der Waals surface area contributed by atoms with Crippen molar-refractivity contribution in [3.8, 4) is 6.07 Å². The highest BCUT2D eigenvalue weighted by molar-refractivity contribution is 6.03. The molecule has 1 fully saturated rings. The predicted octanol–water partition coefficient (Wildman–Crippen LogP) is 6.42. The van der Waals surface area contributed by atoms with Crippen LogP contribution < -0.4 is 0 Å². The number of aromatic nitrogens is 1. The fraction of sp³-hybridized carbons (Fsp3) is 0.345. The largest absolute Gasteiger partial charge is 0.339 e. The van der Waals surface area contributed by atoms with E-state index < -0.39 is 17.0 Å². The number of likely N-dealkylation sites (tertiary alicyclic amines) is 1. The molecular weight excluding hydrogens is 444 g/mol. The summed E-state index contributed by atoms with van der Waals surface area (Å²) in [6.07, 6.45) is 11.1. The number of amides is 1. The lowest BCUT2D eigenvalue weighted by Crippen LogP contribution is -2.44. The number of hydrogen-bond donors (Lipinski definition) is 0. The van der Waals surface area contributed by atoms with Crippen molar-refractivity contribution in [1.82, 2.24) is 9.88 Å². The molecule has 0 N–H and O–H groups in total. The average Bonchev–Trinajstić information content (AvgIpc) is 2.88. The number of piperidine rings is 1. The van der Waals surface area contributed by atoms with Crippen molar-refractivity contribution in [2.45, 2.75) is 46.5 Å². The first-order valence-corrected chi connectivity index (χ1v) is 11.9. The number of hydrogen-bond acceptors (Lipinski definition) is 3. The van der Waals surface area contributed by atoms with Crippen molar-refractivity contribution in [3.63, 3.8) is 0 Å². The van der Waals surface area contributed by atoms with Gasteiger partial charge in [0.2, 0.25) is 0 Å². The first kappa shape index (κ1) is 26.0. The molecule has 2 heterocycles. The topological polar surface area (TPSA) is 57.0 Å². The molecule has 6 heteroatoms. The molecule has 0 unspecified atom stereocenters. The number of nitriles is 1. The highest BCUT2D eigenvalue weighted by atomic mass is 19.1. The van der Waals surface area contributed by atoms with Gasteiger partial charge in [0.1, 0.15) is 11.6 Å². The zero-order chi connectivity index (χ0) is 25.4. The summed E-state index contributed by atoms with van der Waals surface area (Å²) in [5.41, 5.74) is 3.09. The van der Waals surface area contributed by atoms with Crippen LogP contribution in [0.25, 0.3) is 5.57 Å². The number of allylic oxidation sites excluding steroid dienone is 4. The molecular formula is C29H31F2N3O. The van der Waals surface area contributed by atoms with Gasteiger partial charge in [-0.2, -0.15) is 5.26 Å². The van der Waals surface area contributed by atoms with Crippen LogP contribution >= 0.6 is 0 Å². The van der Waals surface area contributed by atoms with Crippen molar-refractivity contribution in [2.24, 2.45) is 5.41 Å². The van der Waals surface area contributed by atoms with Crippen LogP contribution in [0.4, 0.5) is 8.78 Å². The van der Waals surface area contributed by atoms with E-state index in [0.717, 1.165) is 23.6 Å². The van der Waals surface area contributed by atoms with E-state index >= 15 is 0 Å². The highest BCUT2D eigenvalue weighted by Gasteiger charge is 2.37. The summed E-state index contributed by atoms with van der Waals surface area (Å²) >= 11 is 0. The van der Waals surface area contributed by atoms with Gasteiger partial charge in [-0.15, -0.1) is 0 Å². The number of pyridine rings is 1. The molecule has 1 aromatic heterocycles. The smallest absolute Gasteiger partial charge is 0.254 e. The molecule has 0 bridgehead atoms. The van der Waals surface area contributed by atoms with Crippen molar-refractivity contribution in [1.29, 1.82) is 5.26 Å². The van der Waals surface area contributed by atoms with E-state index in [1.165, 1.54) is 17.7 Å². The van der Waals surface area contributed by atoms with Crippen LogP contribution in [0.5, 0.6) is 0 Å². The lowest BCUT2D eigenvalue weighted by molar-refractivity contribution is -0.128. The van der Waals surface area contributed by atoms with E-state index in [2.05, 4.69) is 18.0 Å². The van der Waals surface area contributed by atoms with Gasteiger partial charge >= 0.3 is 0 Å².